The summed E-state index contributed by atoms with van der Waals surface area (Å²) in [5.41, 5.74) is 6.79. The van der Waals surface area contributed by atoms with Gasteiger partial charge in [0.1, 0.15) is 0 Å². The van der Waals surface area contributed by atoms with Crippen LogP contribution in [0.1, 0.15) is 20.8 Å². The van der Waals surface area contributed by atoms with Gasteiger partial charge in [0, 0.05) is 11.6 Å². The second kappa shape index (κ2) is 4.54. The highest BCUT2D eigenvalue weighted by Crippen LogP contribution is 2.12. The molecule has 0 saturated carbocycles. The summed E-state index contributed by atoms with van der Waals surface area (Å²) in [6.45, 7) is 5.87. The van der Waals surface area contributed by atoms with Gasteiger partial charge in [-0.1, -0.05) is 26.0 Å². The minimum absolute atomic E-state index is 0.156. The van der Waals surface area contributed by atoms with E-state index in [4.69, 9.17) is 5.73 Å². The standard InChI is InChI=1S/C8H15N3O/c1-4-5-8(2,3)6-10-11-7(9)12/h4-6H,1-3H3,(H3,9,11,12)/b5-4+,10-6+. The summed E-state index contributed by atoms with van der Waals surface area (Å²) >= 11 is 0. The fourth-order valence-corrected chi connectivity index (χ4v) is 0.735. The second-order valence-electron chi connectivity index (χ2n) is 3.06. The molecule has 3 N–H and O–H groups in total. The van der Waals surface area contributed by atoms with Crippen molar-refractivity contribution in [2.24, 2.45) is 16.3 Å². The highest BCUT2D eigenvalue weighted by atomic mass is 16.2. The zero-order valence-corrected chi connectivity index (χ0v) is 7.66. The number of carbonyl (C=O) groups excluding carboxylic acids is 1. The first-order valence-electron chi connectivity index (χ1n) is 3.71. The maximum absolute atomic E-state index is 10.2. The average Bonchev–Trinajstić information content (AvgIpc) is 1.85. The molecule has 4 nitrogen and oxygen atoms in total. The topological polar surface area (TPSA) is 67.5 Å². The largest absolute Gasteiger partial charge is 0.350 e. The van der Waals surface area contributed by atoms with Crippen LogP contribution in [0.15, 0.2) is 17.3 Å². The second-order valence-corrected chi connectivity index (χ2v) is 3.06. The molecule has 4 heteroatoms. The number of rotatable bonds is 3. The van der Waals surface area contributed by atoms with Crippen molar-refractivity contribution in [2.75, 3.05) is 0 Å². The number of nitrogens with two attached hydrogens (primary N) is 1. The molecule has 0 radical (unpaired) electrons. The molecule has 0 fully saturated rings. The highest BCUT2D eigenvalue weighted by Gasteiger charge is 2.08. The molecule has 0 heterocycles. The number of hydrogen-bond donors (Lipinski definition) is 2. The Hall–Kier alpha value is -1.32. The number of nitrogens with zero attached hydrogens (tertiary/aromatic N) is 1. The Kier molecular flexibility index (Phi) is 4.04. The number of hydrazone groups is 1. The molecule has 0 unspecified atom stereocenters. The van der Waals surface area contributed by atoms with E-state index in [1.165, 1.54) is 0 Å². The maximum atomic E-state index is 10.2. The third-order valence-corrected chi connectivity index (χ3v) is 1.17. The number of carbonyl (C=O) groups is 1. The summed E-state index contributed by atoms with van der Waals surface area (Å²) in [5, 5.41) is 3.66. The van der Waals surface area contributed by atoms with E-state index in [1.54, 1.807) is 6.21 Å². The molecular formula is C8H15N3O. The van der Waals surface area contributed by atoms with Crippen molar-refractivity contribution < 1.29 is 4.79 Å². The molecule has 0 aliphatic carbocycles. The third kappa shape index (κ3) is 5.46. The van der Waals surface area contributed by atoms with Gasteiger partial charge in [-0.3, -0.25) is 0 Å². The minimum atomic E-state index is -0.650. The Balaban J connectivity index is 4.04. The van der Waals surface area contributed by atoms with Crippen LogP contribution in [0, 0.1) is 5.41 Å². The Morgan fingerprint density at radius 2 is 2.17 bits per heavy atom. The van der Waals surface area contributed by atoms with Crippen LogP contribution in [-0.4, -0.2) is 12.2 Å². The van der Waals surface area contributed by atoms with Gasteiger partial charge in [0.05, 0.1) is 0 Å². The monoisotopic (exact) mass is 169 g/mol. The van der Waals surface area contributed by atoms with E-state index < -0.39 is 6.03 Å². The fourth-order valence-electron chi connectivity index (χ4n) is 0.735. The zero-order valence-electron chi connectivity index (χ0n) is 7.66. The van der Waals surface area contributed by atoms with Gasteiger partial charge in [-0.25, -0.2) is 10.2 Å². The van der Waals surface area contributed by atoms with Gasteiger partial charge in [0.2, 0.25) is 0 Å². The normalized spacial score (nSPS) is 12.6. The summed E-state index contributed by atoms with van der Waals surface area (Å²) in [4.78, 5) is 10.2. The summed E-state index contributed by atoms with van der Waals surface area (Å²) in [6, 6.07) is -0.650. The van der Waals surface area contributed by atoms with E-state index in [2.05, 4.69) is 10.5 Å². The predicted molar refractivity (Wildman–Crippen MR) is 49.8 cm³/mol. The van der Waals surface area contributed by atoms with Crippen molar-refractivity contribution in [2.45, 2.75) is 20.8 Å². The van der Waals surface area contributed by atoms with Gasteiger partial charge >= 0.3 is 6.03 Å². The molecule has 0 rings (SSSR count). The summed E-state index contributed by atoms with van der Waals surface area (Å²) in [6.07, 6.45) is 5.52. The van der Waals surface area contributed by atoms with Crippen molar-refractivity contribution in [3.05, 3.63) is 12.2 Å². The summed E-state index contributed by atoms with van der Waals surface area (Å²) in [5.74, 6) is 0. The highest BCUT2D eigenvalue weighted by molar-refractivity contribution is 5.74. The molecule has 0 aromatic rings. The summed E-state index contributed by atoms with van der Waals surface area (Å²) in [7, 11) is 0. The van der Waals surface area contributed by atoms with Crippen molar-refractivity contribution in [3.8, 4) is 0 Å². The van der Waals surface area contributed by atoms with Crippen LogP contribution in [0.3, 0.4) is 0 Å². The first-order valence-corrected chi connectivity index (χ1v) is 3.71. The van der Waals surface area contributed by atoms with Gasteiger partial charge in [0.25, 0.3) is 0 Å². The number of primary amides is 1. The zero-order chi connectivity index (χ0) is 9.61. The Labute approximate surface area is 72.5 Å². The number of amides is 2. The van der Waals surface area contributed by atoms with Gasteiger partial charge in [0.15, 0.2) is 0 Å². The van der Waals surface area contributed by atoms with E-state index >= 15 is 0 Å². The van der Waals surface area contributed by atoms with Crippen LogP contribution < -0.4 is 11.2 Å². The van der Waals surface area contributed by atoms with E-state index in [0.717, 1.165) is 0 Å². The van der Waals surface area contributed by atoms with Crippen molar-refractivity contribution in [1.82, 2.24) is 5.43 Å². The molecule has 68 valence electrons. The smallest absolute Gasteiger partial charge is 0.332 e. The molecule has 0 atom stereocenters. The molecule has 12 heavy (non-hydrogen) atoms. The van der Waals surface area contributed by atoms with Gasteiger partial charge in [-0.05, 0) is 6.92 Å². The molecule has 0 aromatic carbocycles. The van der Waals surface area contributed by atoms with Gasteiger partial charge in [-0.2, -0.15) is 5.10 Å². The van der Waals surface area contributed by atoms with Gasteiger partial charge in [-0.15, -0.1) is 0 Å². The van der Waals surface area contributed by atoms with E-state index in [9.17, 15) is 4.79 Å². The predicted octanol–water partition coefficient (Wildman–Crippen LogP) is 1.24. The Bertz CT molecular complexity index is 206. The first-order chi connectivity index (χ1) is 5.48. The number of nitrogens with one attached hydrogen (secondary N) is 1. The number of urea groups is 1. The van der Waals surface area contributed by atoms with E-state index in [0.29, 0.717) is 0 Å². The van der Waals surface area contributed by atoms with Crippen LogP contribution in [0.25, 0.3) is 0 Å². The van der Waals surface area contributed by atoms with E-state index in [-0.39, 0.29) is 5.41 Å². The molecule has 0 aliphatic rings. The molecule has 2 amide bonds. The number of allylic oxidation sites excluding steroid dienone is 2. The third-order valence-electron chi connectivity index (χ3n) is 1.17. The molecule has 0 aromatic heterocycles. The lowest BCUT2D eigenvalue weighted by Crippen LogP contribution is -2.25. The minimum Gasteiger partial charge on any atom is -0.350 e. The van der Waals surface area contributed by atoms with E-state index in [1.807, 2.05) is 32.9 Å². The van der Waals surface area contributed by atoms with Crippen LogP contribution in [0.2, 0.25) is 0 Å². The lowest BCUT2D eigenvalue weighted by atomic mass is 9.95. The van der Waals surface area contributed by atoms with Gasteiger partial charge < -0.3 is 5.73 Å². The van der Waals surface area contributed by atoms with Crippen LogP contribution in [-0.2, 0) is 0 Å². The molecular weight excluding hydrogens is 154 g/mol. The van der Waals surface area contributed by atoms with Crippen LogP contribution >= 0.6 is 0 Å². The van der Waals surface area contributed by atoms with Crippen LogP contribution in [0.4, 0.5) is 4.79 Å². The van der Waals surface area contributed by atoms with Crippen LogP contribution in [0.5, 0.6) is 0 Å². The summed E-state index contributed by atoms with van der Waals surface area (Å²) < 4.78 is 0. The van der Waals surface area contributed by atoms with Crippen molar-refractivity contribution in [1.29, 1.82) is 0 Å². The quantitative estimate of drug-likeness (QED) is 0.372. The molecule has 0 spiro atoms. The number of hydrogen-bond acceptors (Lipinski definition) is 2. The SMILES string of the molecule is C/C=C/C(C)(C)/C=N/NC(N)=O. The molecule has 0 aliphatic heterocycles. The maximum Gasteiger partial charge on any atom is 0.332 e. The fraction of sp³-hybridized carbons (Fsp3) is 0.500. The lowest BCUT2D eigenvalue weighted by Gasteiger charge is -2.11. The van der Waals surface area contributed by atoms with Crippen molar-refractivity contribution in [3.63, 3.8) is 0 Å². The Morgan fingerprint density at radius 1 is 1.58 bits per heavy atom. The molecule has 0 saturated heterocycles. The average molecular weight is 169 g/mol. The van der Waals surface area contributed by atoms with Crippen molar-refractivity contribution >= 4 is 12.2 Å². The Morgan fingerprint density at radius 3 is 2.58 bits per heavy atom. The first kappa shape index (κ1) is 10.7. The lowest BCUT2D eigenvalue weighted by molar-refractivity contribution is 0.249. The molecule has 0 bridgehead atoms.